The zero-order chi connectivity index (χ0) is 19.5. The predicted octanol–water partition coefficient (Wildman–Crippen LogP) is 2.74. The van der Waals surface area contributed by atoms with Gasteiger partial charge in [0.1, 0.15) is 5.75 Å². The van der Waals surface area contributed by atoms with Crippen molar-refractivity contribution in [2.45, 2.75) is 31.8 Å². The van der Waals surface area contributed by atoms with E-state index in [4.69, 9.17) is 4.74 Å². The van der Waals surface area contributed by atoms with E-state index in [2.05, 4.69) is 16.8 Å². The number of hydrogen-bond donors (Lipinski definition) is 1. The highest BCUT2D eigenvalue weighted by atomic mass is 32.1. The van der Waals surface area contributed by atoms with E-state index in [9.17, 15) is 9.59 Å². The minimum absolute atomic E-state index is 0.0470. The number of benzene rings is 1. The van der Waals surface area contributed by atoms with E-state index < -0.39 is 0 Å². The quantitative estimate of drug-likeness (QED) is 0.840. The standard InChI is InChI=1S/C21H25N3O3S/c1-27-17-6-4-16(5-7-17)22-21(26)18-3-2-10-23(18)14-20(25)24-11-8-19-15(13-24)9-12-28-19/h4-7,9,12,18H,2-3,8,10-11,13-14H2,1H3,(H,22,26). The van der Waals surface area contributed by atoms with Crippen molar-refractivity contribution < 1.29 is 14.3 Å². The highest BCUT2D eigenvalue weighted by molar-refractivity contribution is 7.10. The number of ether oxygens (including phenoxy) is 1. The van der Waals surface area contributed by atoms with E-state index in [0.29, 0.717) is 13.1 Å². The highest BCUT2D eigenvalue weighted by Crippen LogP contribution is 2.25. The van der Waals surface area contributed by atoms with Crippen LogP contribution in [0.4, 0.5) is 5.69 Å². The molecule has 1 atom stereocenters. The summed E-state index contributed by atoms with van der Waals surface area (Å²) >= 11 is 1.77. The fraction of sp³-hybridized carbons (Fsp3) is 0.429. The molecule has 0 saturated carbocycles. The molecule has 7 heteroatoms. The molecule has 4 rings (SSSR count). The average Bonchev–Trinajstić information content (AvgIpc) is 3.37. The molecule has 2 aliphatic heterocycles. The first-order chi connectivity index (χ1) is 13.6. The molecule has 2 amide bonds. The van der Waals surface area contributed by atoms with E-state index in [-0.39, 0.29) is 17.9 Å². The fourth-order valence-electron chi connectivity index (χ4n) is 3.95. The van der Waals surface area contributed by atoms with Crippen LogP contribution >= 0.6 is 11.3 Å². The summed E-state index contributed by atoms with van der Waals surface area (Å²) in [6.45, 7) is 2.54. The number of carbonyl (C=O) groups is 2. The minimum Gasteiger partial charge on any atom is -0.497 e. The molecule has 1 unspecified atom stereocenters. The highest BCUT2D eigenvalue weighted by Gasteiger charge is 2.33. The number of methoxy groups -OCH3 is 1. The molecule has 6 nitrogen and oxygen atoms in total. The van der Waals surface area contributed by atoms with E-state index in [1.165, 1.54) is 10.4 Å². The van der Waals surface area contributed by atoms with Gasteiger partial charge in [0, 0.05) is 23.7 Å². The Morgan fingerprint density at radius 1 is 1.21 bits per heavy atom. The van der Waals surface area contributed by atoms with E-state index in [0.717, 1.165) is 43.8 Å². The lowest BCUT2D eigenvalue weighted by molar-refractivity contribution is -0.134. The van der Waals surface area contributed by atoms with Gasteiger partial charge in [0.05, 0.1) is 19.7 Å². The number of thiophene rings is 1. The number of amides is 2. The Kier molecular flexibility index (Phi) is 5.64. The smallest absolute Gasteiger partial charge is 0.241 e. The Morgan fingerprint density at radius 3 is 2.82 bits per heavy atom. The summed E-state index contributed by atoms with van der Waals surface area (Å²) in [6.07, 6.45) is 2.65. The minimum atomic E-state index is -0.257. The summed E-state index contributed by atoms with van der Waals surface area (Å²) < 4.78 is 5.15. The summed E-state index contributed by atoms with van der Waals surface area (Å²) in [4.78, 5) is 30.9. The molecular weight excluding hydrogens is 374 g/mol. The molecule has 1 saturated heterocycles. The Balaban J connectivity index is 1.35. The maximum atomic E-state index is 12.8. The molecule has 1 aromatic heterocycles. The Labute approximate surface area is 169 Å². The van der Waals surface area contributed by atoms with Crippen molar-refractivity contribution in [2.75, 3.05) is 32.1 Å². The van der Waals surface area contributed by atoms with Crippen LogP contribution in [0.5, 0.6) is 5.75 Å². The summed E-state index contributed by atoms with van der Waals surface area (Å²) in [7, 11) is 1.61. The maximum absolute atomic E-state index is 12.8. The van der Waals surface area contributed by atoms with Gasteiger partial charge in [-0.1, -0.05) is 0 Å². The van der Waals surface area contributed by atoms with Crippen LogP contribution in [0.3, 0.4) is 0 Å². The van der Waals surface area contributed by atoms with Crippen LogP contribution in [0, 0.1) is 0 Å². The number of rotatable bonds is 5. The van der Waals surface area contributed by atoms with E-state index >= 15 is 0 Å². The first-order valence-electron chi connectivity index (χ1n) is 9.66. The van der Waals surface area contributed by atoms with Crippen molar-refractivity contribution in [1.29, 1.82) is 0 Å². The van der Waals surface area contributed by atoms with Crippen LogP contribution in [-0.4, -0.2) is 54.4 Å². The molecule has 148 valence electrons. The molecule has 2 aliphatic rings. The van der Waals surface area contributed by atoms with Crippen LogP contribution in [0.25, 0.3) is 0 Å². The van der Waals surface area contributed by atoms with Crippen molar-refractivity contribution in [1.82, 2.24) is 9.80 Å². The maximum Gasteiger partial charge on any atom is 0.241 e. The second-order valence-electron chi connectivity index (χ2n) is 7.28. The zero-order valence-electron chi connectivity index (χ0n) is 16.0. The van der Waals surface area contributed by atoms with Crippen LogP contribution in [0.2, 0.25) is 0 Å². The summed E-state index contributed by atoms with van der Waals surface area (Å²) in [6, 6.07) is 9.15. The van der Waals surface area contributed by atoms with E-state index in [1.807, 2.05) is 34.1 Å². The average molecular weight is 400 g/mol. The second-order valence-corrected chi connectivity index (χ2v) is 8.28. The molecule has 3 heterocycles. The van der Waals surface area contributed by atoms with Crippen molar-refractivity contribution in [2.24, 2.45) is 0 Å². The SMILES string of the molecule is COc1ccc(NC(=O)C2CCCN2CC(=O)N2CCc3sccc3C2)cc1. The van der Waals surface area contributed by atoms with Crippen molar-refractivity contribution in [3.8, 4) is 5.75 Å². The summed E-state index contributed by atoms with van der Waals surface area (Å²) in [5, 5.41) is 5.06. The number of nitrogens with zero attached hydrogens (tertiary/aromatic N) is 2. The Bertz CT molecular complexity index is 849. The number of anilines is 1. The first kappa shape index (κ1) is 19.0. The monoisotopic (exact) mass is 399 g/mol. The number of hydrogen-bond acceptors (Lipinski definition) is 5. The Hall–Kier alpha value is -2.38. The van der Waals surface area contributed by atoms with Gasteiger partial charge in [-0.3, -0.25) is 14.5 Å². The predicted molar refractivity (Wildman–Crippen MR) is 110 cm³/mol. The molecule has 0 radical (unpaired) electrons. The van der Waals surface area contributed by atoms with Gasteiger partial charge in [0.2, 0.25) is 11.8 Å². The van der Waals surface area contributed by atoms with Gasteiger partial charge in [0.25, 0.3) is 0 Å². The van der Waals surface area contributed by atoms with Gasteiger partial charge >= 0.3 is 0 Å². The molecule has 0 bridgehead atoms. The van der Waals surface area contributed by atoms with Crippen molar-refractivity contribution in [3.63, 3.8) is 0 Å². The van der Waals surface area contributed by atoms with Gasteiger partial charge in [-0.25, -0.2) is 0 Å². The van der Waals surface area contributed by atoms with E-state index in [1.54, 1.807) is 18.4 Å². The summed E-state index contributed by atoms with van der Waals surface area (Å²) in [5.41, 5.74) is 2.00. The van der Waals surface area contributed by atoms with Crippen molar-refractivity contribution in [3.05, 3.63) is 46.2 Å². The van der Waals surface area contributed by atoms with Crippen LogP contribution in [-0.2, 0) is 22.6 Å². The number of fused-ring (bicyclic) bond motifs is 1. The van der Waals surface area contributed by atoms with Gasteiger partial charge in [-0.05, 0) is 67.1 Å². The topological polar surface area (TPSA) is 61.9 Å². The molecule has 0 spiro atoms. The molecule has 0 aliphatic carbocycles. The zero-order valence-corrected chi connectivity index (χ0v) is 16.8. The lowest BCUT2D eigenvalue weighted by Gasteiger charge is -2.30. The third-order valence-electron chi connectivity index (χ3n) is 5.52. The van der Waals surface area contributed by atoms with Gasteiger partial charge in [0.15, 0.2) is 0 Å². The van der Waals surface area contributed by atoms with Crippen LogP contribution in [0.15, 0.2) is 35.7 Å². The molecule has 2 aromatic rings. The summed E-state index contributed by atoms with van der Waals surface area (Å²) in [5.74, 6) is 0.816. The largest absolute Gasteiger partial charge is 0.497 e. The van der Waals surface area contributed by atoms with Crippen LogP contribution in [0.1, 0.15) is 23.3 Å². The normalized spacial score (nSPS) is 19.3. The first-order valence-corrected chi connectivity index (χ1v) is 10.5. The molecule has 1 fully saturated rings. The molecule has 28 heavy (non-hydrogen) atoms. The lowest BCUT2D eigenvalue weighted by atomic mass is 10.1. The third-order valence-corrected chi connectivity index (χ3v) is 6.55. The van der Waals surface area contributed by atoms with Crippen molar-refractivity contribution >= 4 is 28.8 Å². The Morgan fingerprint density at radius 2 is 2.04 bits per heavy atom. The van der Waals surface area contributed by atoms with Gasteiger partial charge in [-0.15, -0.1) is 11.3 Å². The number of nitrogens with one attached hydrogen (secondary N) is 1. The second kappa shape index (κ2) is 8.32. The molecular formula is C21H25N3O3S. The fourth-order valence-corrected chi connectivity index (χ4v) is 4.84. The third kappa shape index (κ3) is 4.05. The van der Waals surface area contributed by atoms with Gasteiger partial charge in [-0.2, -0.15) is 0 Å². The van der Waals surface area contributed by atoms with Crippen LogP contribution < -0.4 is 10.1 Å². The number of likely N-dealkylation sites (tertiary alicyclic amines) is 1. The van der Waals surface area contributed by atoms with Gasteiger partial charge < -0.3 is 15.0 Å². The molecule has 1 N–H and O–H groups in total. The lowest BCUT2D eigenvalue weighted by Crippen LogP contribution is -2.47. The molecule has 1 aromatic carbocycles. The number of carbonyl (C=O) groups excluding carboxylic acids is 2.